The van der Waals surface area contributed by atoms with Gasteiger partial charge in [-0.15, -0.1) is 0 Å². The third-order valence-electron chi connectivity index (χ3n) is 0.714. The van der Waals surface area contributed by atoms with Crippen LogP contribution in [0.1, 0.15) is 26.7 Å². The van der Waals surface area contributed by atoms with Crippen molar-refractivity contribution >= 4 is 0 Å². The summed E-state index contributed by atoms with van der Waals surface area (Å²) in [5.74, 6) is -0.0677. The fourth-order valence-corrected chi connectivity index (χ4v) is 0.343. The van der Waals surface area contributed by atoms with Crippen LogP contribution in [-0.4, -0.2) is 0 Å². The molecule has 1 heteroatoms. The van der Waals surface area contributed by atoms with Crippen molar-refractivity contribution in [1.29, 1.82) is 0 Å². The summed E-state index contributed by atoms with van der Waals surface area (Å²) in [5, 5.41) is 0. The maximum Gasteiger partial charge on any atom is 0.0928 e. The highest BCUT2D eigenvalue weighted by atomic mass is 19.1. The van der Waals surface area contributed by atoms with Crippen molar-refractivity contribution in [3.05, 3.63) is 11.9 Å². The monoisotopic (exact) mass is 102 g/mol. The Kier molecular flexibility index (Phi) is 3.67. The lowest BCUT2D eigenvalue weighted by molar-refractivity contribution is 0.632. The van der Waals surface area contributed by atoms with Crippen molar-refractivity contribution in [3.63, 3.8) is 0 Å². The zero-order chi connectivity index (χ0) is 5.70. The summed E-state index contributed by atoms with van der Waals surface area (Å²) in [5.41, 5.74) is 0. The third kappa shape index (κ3) is 5.67. The number of allylic oxidation sites excluding steroid dienone is 2. The van der Waals surface area contributed by atoms with Crippen LogP contribution in [0.2, 0.25) is 0 Å². The number of hydrogen-bond donors (Lipinski definition) is 0. The Balaban J connectivity index is 3.08. The molecular weight excluding hydrogens is 91.1 g/mol. The van der Waals surface area contributed by atoms with Gasteiger partial charge in [-0.25, -0.2) is 4.39 Å². The summed E-state index contributed by atoms with van der Waals surface area (Å²) in [4.78, 5) is 0. The number of hydrogen-bond acceptors (Lipinski definition) is 0. The van der Waals surface area contributed by atoms with Crippen LogP contribution in [0.25, 0.3) is 0 Å². The van der Waals surface area contributed by atoms with Crippen LogP contribution in [-0.2, 0) is 0 Å². The van der Waals surface area contributed by atoms with E-state index in [2.05, 4.69) is 0 Å². The lowest BCUT2D eigenvalue weighted by Crippen LogP contribution is -1.62. The van der Waals surface area contributed by atoms with Gasteiger partial charge in [-0.2, -0.15) is 0 Å². The average molecular weight is 102 g/mol. The van der Waals surface area contributed by atoms with Crippen molar-refractivity contribution in [2.45, 2.75) is 26.7 Å². The molecule has 0 bridgehead atoms. The molecule has 0 aliphatic rings. The van der Waals surface area contributed by atoms with Crippen LogP contribution in [0, 0.1) is 0 Å². The third-order valence-corrected chi connectivity index (χ3v) is 0.714. The van der Waals surface area contributed by atoms with E-state index < -0.39 is 0 Å². The second-order valence-electron chi connectivity index (χ2n) is 1.58. The largest absolute Gasteiger partial charge is 0.212 e. The standard InChI is InChI=1S/C6H11F/c1-3-4-5-6(2)7/h5H,3-4H2,1-2H3. The van der Waals surface area contributed by atoms with E-state index in [1.807, 2.05) is 6.92 Å². The SMILES string of the molecule is CCCC=C(C)F. The molecule has 0 aromatic heterocycles. The van der Waals surface area contributed by atoms with Gasteiger partial charge in [0.15, 0.2) is 0 Å². The quantitative estimate of drug-likeness (QED) is 0.502. The summed E-state index contributed by atoms with van der Waals surface area (Å²) in [6.07, 6.45) is 3.49. The first kappa shape index (κ1) is 6.67. The Morgan fingerprint density at radius 2 is 2.29 bits per heavy atom. The lowest BCUT2D eigenvalue weighted by Gasteiger charge is -1.81. The molecule has 7 heavy (non-hydrogen) atoms. The molecule has 0 aromatic carbocycles. The molecule has 0 atom stereocenters. The summed E-state index contributed by atoms with van der Waals surface area (Å²) < 4.78 is 11.7. The summed E-state index contributed by atoms with van der Waals surface area (Å²) in [6, 6.07) is 0. The molecule has 0 radical (unpaired) electrons. The number of rotatable bonds is 2. The van der Waals surface area contributed by atoms with Gasteiger partial charge < -0.3 is 0 Å². The lowest BCUT2D eigenvalue weighted by atomic mass is 10.3. The van der Waals surface area contributed by atoms with Gasteiger partial charge in [-0.05, 0) is 13.3 Å². The zero-order valence-electron chi connectivity index (χ0n) is 4.87. The predicted molar refractivity (Wildman–Crippen MR) is 29.8 cm³/mol. The molecule has 0 saturated heterocycles. The van der Waals surface area contributed by atoms with E-state index in [1.165, 1.54) is 6.92 Å². The Labute approximate surface area is 44.0 Å². The maximum atomic E-state index is 11.7. The number of unbranched alkanes of at least 4 members (excludes halogenated alkanes) is 1. The fraction of sp³-hybridized carbons (Fsp3) is 0.667. The van der Waals surface area contributed by atoms with Gasteiger partial charge >= 0.3 is 0 Å². The predicted octanol–water partition coefficient (Wildman–Crippen LogP) is 2.66. The first-order valence-electron chi connectivity index (χ1n) is 2.59. The highest BCUT2D eigenvalue weighted by Crippen LogP contribution is 1.96. The normalized spacial score (nSPS) is 12.1. The Morgan fingerprint density at radius 3 is 2.43 bits per heavy atom. The zero-order valence-corrected chi connectivity index (χ0v) is 4.87. The Hall–Kier alpha value is -0.330. The minimum Gasteiger partial charge on any atom is -0.212 e. The highest BCUT2D eigenvalue weighted by molar-refractivity contribution is 4.85. The first-order valence-corrected chi connectivity index (χ1v) is 2.59. The Bertz CT molecular complexity index is 60.6. The van der Waals surface area contributed by atoms with Gasteiger partial charge in [0.2, 0.25) is 0 Å². The smallest absolute Gasteiger partial charge is 0.0928 e. The molecule has 0 saturated carbocycles. The van der Waals surface area contributed by atoms with E-state index in [0.717, 1.165) is 12.8 Å². The van der Waals surface area contributed by atoms with Crippen LogP contribution in [0.15, 0.2) is 11.9 Å². The van der Waals surface area contributed by atoms with Crippen molar-refractivity contribution in [2.75, 3.05) is 0 Å². The topological polar surface area (TPSA) is 0 Å². The summed E-state index contributed by atoms with van der Waals surface area (Å²) >= 11 is 0. The van der Waals surface area contributed by atoms with Crippen molar-refractivity contribution in [1.82, 2.24) is 0 Å². The molecule has 0 amide bonds. The molecule has 0 rings (SSSR count). The van der Waals surface area contributed by atoms with E-state index in [9.17, 15) is 4.39 Å². The van der Waals surface area contributed by atoms with Gasteiger partial charge in [0.05, 0.1) is 5.83 Å². The molecule has 0 aliphatic heterocycles. The second kappa shape index (κ2) is 3.85. The molecule has 0 aliphatic carbocycles. The van der Waals surface area contributed by atoms with E-state index >= 15 is 0 Å². The second-order valence-corrected chi connectivity index (χ2v) is 1.58. The van der Waals surface area contributed by atoms with Gasteiger partial charge in [0.1, 0.15) is 0 Å². The summed E-state index contributed by atoms with van der Waals surface area (Å²) in [6.45, 7) is 3.50. The molecule has 0 fully saturated rings. The van der Waals surface area contributed by atoms with Crippen molar-refractivity contribution in [2.24, 2.45) is 0 Å². The van der Waals surface area contributed by atoms with E-state index in [1.54, 1.807) is 6.08 Å². The molecule has 0 heterocycles. The van der Waals surface area contributed by atoms with Crippen LogP contribution >= 0.6 is 0 Å². The van der Waals surface area contributed by atoms with Gasteiger partial charge in [-0.3, -0.25) is 0 Å². The van der Waals surface area contributed by atoms with E-state index in [-0.39, 0.29) is 5.83 Å². The summed E-state index contributed by atoms with van der Waals surface area (Å²) in [7, 11) is 0. The molecule has 42 valence electrons. The molecule has 0 aromatic rings. The minimum absolute atomic E-state index is 0.0677. The molecule has 0 N–H and O–H groups in total. The van der Waals surface area contributed by atoms with Gasteiger partial charge in [0, 0.05) is 0 Å². The number of halogens is 1. The highest BCUT2D eigenvalue weighted by Gasteiger charge is 1.77. The van der Waals surface area contributed by atoms with E-state index in [0.29, 0.717) is 0 Å². The molecular formula is C6H11F. The fourth-order valence-electron chi connectivity index (χ4n) is 0.343. The first-order chi connectivity index (χ1) is 3.27. The van der Waals surface area contributed by atoms with Crippen molar-refractivity contribution < 1.29 is 4.39 Å². The van der Waals surface area contributed by atoms with Crippen LogP contribution < -0.4 is 0 Å². The van der Waals surface area contributed by atoms with Gasteiger partial charge in [0.25, 0.3) is 0 Å². The van der Waals surface area contributed by atoms with E-state index in [4.69, 9.17) is 0 Å². The minimum atomic E-state index is -0.0677. The molecule has 0 nitrogen and oxygen atoms in total. The molecule has 0 unspecified atom stereocenters. The van der Waals surface area contributed by atoms with Gasteiger partial charge in [-0.1, -0.05) is 19.4 Å². The maximum absolute atomic E-state index is 11.7. The molecule has 0 spiro atoms. The average Bonchev–Trinajstić information content (AvgIpc) is 1.61. The Morgan fingerprint density at radius 1 is 1.71 bits per heavy atom. The van der Waals surface area contributed by atoms with Crippen LogP contribution in [0.4, 0.5) is 4.39 Å². The van der Waals surface area contributed by atoms with Crippen LogP contribution in [0.5, 0.6) is 0 Å². The van der Waals surface area contributed by atoms with Crippen molar-refractivity contribution in [3.8, 4) is 0 Å². The van der Waals surface area contributed by atoms with Crippen LogP contribution in [0.3, 0.4) is 0 Å².